The molecule has 0 bridgehead atoms. The van der Waals surface area contributed by atoms with Crippen LogP contribution in [0.4, 0.5) is 13.2 Å². The Bertz CT molecular complexity index is 825. The van der Waals surface area contributed by atoms with Crippen LogP contribution in [0.1, 0.15) is 5.56 Å². The lowest BCUT2D eigenvalue weighted by atomic mass is 10.2. The molecule has 0 saturated heterocycles. The van der Waals surface area contributed by atoms with Crippen LogP contribution in [-0.4, -0.2) is 26.9 Å². The van der Waals surface area contributed by atoms with Gasteiger partial charge in [-0.2, -0.15) is 4.31 Å². The SMILES string of the molecule is COc1ccc(CN(C)S(=O)(=O)c2ccc(F)c(F)c2)cc1F. The molecule has 2 rings (SSSR count). The molecule has 0 atom stereocenters. The van der Waals surface area contributed by atoms with E-state index in [9.17, 15) is 21.6 Å². The monoisotopic (exact) mass is 345 g/mol. The number of halogens is 3. The van der Waals surface area contributed by atoms with Crippen LogP contribution in [0.25, 0.3) is 0 Å². The third-order valence-corrected chi connectivity index (χ3v) is 5.02. The minimum absolute atomic E-state index is 0.0415. The van der Waals surface area contributed by atoms with Crippen molar-refractivity contribution in [1.29, 1.82) is 0 Å². The van der Waals surface area contributed by atoms with Gasteiger partial charge >= 0.3 is 0 Å². The van der Waals surface area contributed by atoms with Gasteiger partial charge in [-0.05, 0) is 35.9 Å². The van der Waals surface area contributed by atoms with Crippen molar-refractivity contribution in [2.24, 2.45) is 0 Å². The van der Waals surface area contributed by atoms with Gasteiger partial charge in [0.25, 0.3) is 0 Å². The Morgan fingerprint density at radius 2 is 1.70 bits per heavy atom. The zero-order valence-electron chi connectivity index (χ0n) is 12.4. The van der Waals surface area contributed by atoms with E-state index in [0.717, 1.165) is 22.5 Å². The molecule has 8 heteroatoms. The molecule has 0 radical (unpaired) electrons. The quantitative estimate of drug-likeness (QED) is 0.837. The van der Waals surface area contributed by atoms with Gasteiger partial charge in [-0.3, -0.25) is 0 Å². The Morgan fingerprint density at radius 3 is 2.26 bits per heavy atom. The average molecular weight is 345 g/mol. The van der Waals surface area contributed by atoms with Crippen molar-refractivity contribution in [1.82, 2.24) is 4.31 Å². The van der Waals surface area contributed by atoms with Crippen molar-refractivity contribution >= 4 is 10.0 Å². The first-order valence-electron chi connectivity index (χ1n) is 6.49. The average Bonchev–Trinajstić information content (AvgIpc) is 2.50. The van der Waals surface area contributed by atoms with Crippen LogP contribution in [0.3, 0.4) is 0 Å². The van der Waals surface area contributed by atoms with Crippen molar-refractivity contribution in [2.75, 3.05) is 14.2 Å². The minimum atomic E-state index is -4.03. The van der Waals surface area contributed by atoms with E-state index in [0.29, 0.717) is 11.6 Å². The summed E-state index contributed by atoms with van der Waals surface area (Å²) in [4.78, 5) is -0.382. The third kappa shape index (κ3) is 3.65. The summed E-state index contributed by atoms with van der Waals surface area (Å²) in [5.41, 5.74) is 0.386. The van der Waals surface area contributed by atoms with Crippen LogP contribution in [0.5, 0.6) is 5.75 Å². The van der Waals surface area contributed by atoms with E-state index in [1.54, 1.807) is 0 Å². The standard InChI is InChI=1S/C15H14F3NO3S/c1-19(9-10-3-6-15(22-2)14(18)7-10)23(20,21)11-4-5-12(16)13(17)8-11/h3-8H,9H2,1-2H3. The Hall–Kier alpha value is -2.06. The fourth-order valence-electron chi connectivity index (χ4n) is 1.97. The number of sulfonamides is 1. The molecule has 0 aromatic heterocycles. The van der Waals surface area contributed by atoms with Crippen LogP contribution in [0, 0.1) is 17.5 Å². The first-order chi connectivity index (χ1) is 10.8. The van der Waals surface area contributed by atoms with Gasteiger partial charge in [0.15, 0.2) is 23.2 Å². The minimum Gasteiger partial charge on any atom is -0.494 e. The largest absolute Gasteiger partial charge is 0.494 e. The second kappa shape index (κ2) is 6.59. The second-order valence-electron chi connectivity index (χ2n) is 4.81. The van der Waals surface area contributed by atoms with Gasteiger partial charge in [0, 0.05) is 13.6 Å². The number of hydrogen-bond acceptors (Lipinski definition) is 3. The summed E-state index contributed by atoms with van der Waals surface area (Å²) in [7, 11) is -1.45. The topological polar surface area (TPSA) is 46.6 Å². The van der Waals surface area contributed by atoms with E-state index in [2.05, 4.69) is 0 Å². The highest BCUT2D eigenvalue weighted by atomic mass is 32.2. The molecule has 0 unspecified atom stereocenters. The summed E-state index contributed by atoms with van der Waals surface area (Å²) in [5, 5.41) is 0. The molecule has 2 aromatic carbocycles. The summed E-state index contributed by atoms with van der Waals surface area (Å²) >= 11 is 0. The molecule has 0 N–H and O–H groups in total. The molecule has 0 amide bonds. The van der Waals surface area contributed by atoms with Gasteiger partial charge in [-0.15, -0.1) is 0 Å². The summed E-state index contributed by atoms with van der Waals surface area (Å²) in [5.74, 6) is -2.97. The highest BCUT2D eigenvalue weighted by molar-refractivity contribution is 7.89. The van der Waals surface area contributed by atoms with Crippen molar-refractivity contribution in [3.63, 3.8) is 0 Å². The van der Waals surface area contributed by atoms with Crippen molar-refractivity contribution in [2.45, 2.75) is 11.4 Å². The third-order valence-electron chi connectivity index (χ3n) is 3.22. The number of benzene rings is 2. The van der Waals surface area contributed by atoms with Crippen molar-refractivity contribution < 1.29 is 26.3 Å². The summed E-state index contributed by atoms with van der Waals surface area (Å²) in [6.07, 6.45) is 0. The molecule has 4 nitrogen and oxygen atoms in total. The first kappa shape index (κ1) is 17.3. The van der Waals surface area contributed by atoms with Crippen molar-refractivity contribution in [3.05, 3.63) is 59.4 Å². The van der Waals surface area contributed by atoms with Crippen LogP contribution in [-0.2, 0) is 16.6 Å². The van der Waals surface area contributed by atoms with E-state index in [1.807, 2.05) is 0 Å². The number of methoxy groups -OCH3 is 1. The summed E-state index contributed by atoms with van der Waals surface area (Å²) < 4.78 is 70.1. The van der Waals surface area contributed by atoms with Crippen LogP contribution < -0.4 is 4.74 Å². The fraction of sp³-hybridized carbons (Fsp3) is 0.200. The number of rotatable bonds is 5. The Kier molecular flexibility index (Phi) is 4.96. The molecular formula is C15H14F3NO3S. The molecule has 0 fully saturated rings. The second-order valence-corrected chi connectivity index (χ2v) is 6.85. The predicted molar refractivity (Wildman–Crippen MR) is 78.0 cm³/mol. The van der Waals surface area contributed by atoms with E-state index in [4.69, 9.17) is 4.74 Å². The van der Waals surface area contributed by atoms with Gasteiger partial charge < -0.3 is 4.74 Å². The maximum atomic E-state index is 13.6. The van der Waals surface area contributed by atoms with Gasteiger partial charge in [0.2, 0.25) is 10.0 Å². The molecule has 0 aliphatic carbocycles. The number of nitrogens with zero attached hydrogens (tertiary/aromatic N) is 1. The maximum Gasteiger partial charge on any atom is 0.243 e. The predicted octanol–water partition coefficient (Wildman–Crippen LogP) is 2.93. The first-order valence-corrected chi connectivity index (χ1v) is 7.93. The molecular weight excluding hydrogens is 331 g/mol. The number of hydrogen-bond donors (Lipinski definition) is 0. The summed E-state index contributed by atoms with van der Waals surface area (Å²) in [6, 6.07) is 6.36. The Balaban J connectivity index is 2.26. The van der Waals surface area contributed by atoms with Crippen LogP contribution >= 0.6 is 0 Å². The van der Waals surface area contributed by atoms with Gasteiger partial charge in [-0.25, -0.2) is 21.6 Å². The molecule has 0 aliphatic rings. The lowest BCUT2D eigenvalue weighted by Crippen LogP contribution is -2.26. The molecule has 0 heterocycles. The van der Waals surface area contributed by atoms with E-state index < -0.39 is 27.5 Å². The molecule has 23 heavy (non-hydrogen) atoms. The zero-order valence-corrected chi connectivity index (χ0v) is 13.2. The van der Waals surface area contributed by atoms with E-state index in [1.165, 1.54) is 26.3 Å². The smallest absolute Gasteiger partial charge is 0.243 e. The van der Waals surface area contributed by atoms with Gasteiger partial charge in [-0.1, -0.05) is 6.07 Å². The zero-order chi connectivity index (χ0) is 17.2. The van der Waals surface area contributed by atoms with Crippen LogP contribution in [0.2, 0.25) is 0 Å². The maximum absolute atomic E-state index is 13.6. The summed E-state index contributed by atoms with van der Waals surface area (Å²) in [6.45, 7) is -0.137. The molecule has 0 saturated carbocycles. The molecule has 2 aromatic rings. The van der Waals surface area contributed by atoms with Crippen LogP contribution in [0.15, 0.2) is 41.3 Å². The van der Waals surface area contributed by atoms with Gasteiger partial charge in [0.05, 0.1) is 12.0 Å². The Labute approximate surface area is 132 Å². The molecule has 0 aliphatic heterocycles. The molecule has 0 spiro atoms. The highest BCUT2D eigenvalue weighted by Crippen LogP contribution is 2.22. The normalized spacial score (nSPS) is 11.7. The lowest BCUT2D eigenvalue weighted by molar-refractivity contribution is 0.385. The van der Waals surface area contributed by atoms with Gasteiger partial charge in [0.1, 0.15) is 0 Å². The van der Waals surface area contributed by atoms with E-state index in [-0.39, 0.29) is 17.2 Å². The molecule has 124 valence electrons. The highest BCUT2D eigenvalue weighted by Gasteiger charge is 2.22. The lowest BCUT2D eigenvalue weighted by Gasteiger charge is -2.17. The number of ether oxygens (including phenoxy) is 1. The van der Waals surface area contributed by atoms with Crippen molar-refractivity contribution in [3.8, 4) is 5.75 Å². The Morgan fingerprint density at radius 1 is 1.00 bits per heavy atom. The van der Waals surface area contributed by atoms with E-state index >= 15 is 0 Å². The fourth-order valence-corrected chi connectivity index (χ4v) is 3.14.